The van der Waals surface area contributed by atoms with Crippen LogP contribution in [-0.4, -0.2) is 19.3 Å². The lowest BCUT2D eigenvalue weighted by molar-refractivity contribution is -0.137. The number of halogens is 4. The third-order valence-electron chi connectivity index (χ3n) is 4.45. The number of pyridine rings is 1. The second-order valence-electron chi connectivity index (χ2n) is 6.54. The van der Waals surface area contributed by atoms with Crippen LogP contribution < -0.4 is 10.1 Å². The minimum absolute atomic E-state index is 0.0571. The van der Waals surface area contributed by atoms with Gasteiger partial charge in [0, 0.05) is 11.9 Å². The summed E-state index contributed by atoms with van der Waals surface area (Å²) in [6, 6.07) is 9.84. The Morgan fingerprint density at radius 3 is 2.65 bits per heavy atom. The van der Waals surface area contributed by atoms with Gasteiger partial charge < -0.3 is 15.0 Å². The first kappa shape index (κ1) is 19.2. The molecule has 0 spiro atoms. The number of ether oxygens (including phenoxy) is 1. The van der Waals surface area contributed by atoms with Gasteiger partial charge in [-0.05, 0) is 54.0 Å². The highest BCUT2D eigenvalue weighted by atomic mass is 32.1. The molecule has 156 valence electrons. The number of anilines is 2. The second kappa shape index (κ2) is 7.20. The Morgan fingerprint density at radius 1 is 1.06 bits per heavy atom. The Hall–Kier alpha value is -3.73. The van der Waals surface area contributed by atoms with Crippen molar-refractivity contribution in [1.29, 1.82) is 0 Å². The van der Waals surface area contributed by atoms with Gasteiger partial charge in [-0.2, -0.15) is 17.5 Å². The van der Waals surface area contributed by atoms with Crippen molar-refractivity contribution in [3.8, 4) is 11.6 Å². The zero-order valence-electron chi connectivity index (χ0n) is 15.4. The van der Waals surface area contributed by atoms with Crippen LogP contribution in [0, 0.1) is 5.82 Å². The molecule has 2 aromatic carbocycles. The minimum Gasteiger partial charge on any atom is -0.438 e. The van der Waals surface area contributed by atoms with Crippen molar-refractivity contribution in [2.45, 2.75) is 6.18 Å². The van der Waals surface area contributed by atoms with Gasteiger partial charge in [-0.1, -0.05) is 0 Å². The van der Waals surface area contributed by atoms with Gasteiger partial charge in [-0.25, -0.2) is 14.4 Å². The minimum atomic E-state index is -4.65. The molecule has 0 aliphatic heterocycles. The number of benzene rings is 2. The van der Waals surface area contributed by atoms with E-state index < -0.39 is 17.6 Å². The number of nitrogens with one attached hydrogen (secondary N) is 2. The Labute approximate surface area is 175 Å². The Morgan fingerprint density at radius 2 is 1.87 bits per heavy atom. The van der Waals surface area contributed by atoms with Crippen molar-refractivity contribution in [2.24, 2.45) is 0 Å². The molecule has 0 aliphatic rings. The molecule has 0 atom stereocenters. The van der Waals surface area contributed by atoms with Crippen molar-refractivity contribution < 1.29 is 22.3 Å². The number of aromatic nitrogens is 4. The van der Waals surface area contributed by atoms with Crippen molar-refractivity contribution in [3.05, 3.63) is 66.2 Å². The maximum Gasteiger partial charge on any atom is 0.416 e. The summed E-state index contributed by atoms with van der Waals surface area (Å²) in [6.07, 6.45) is -1.33. The normalized spacial score (nSPS) is 11.9. The van der Waals surface area contributed by atoms with Crippen LogP contribution in [0.2, 0.25) is 0 Å². The molecule has 0 fully saturated rings. The Balaban J connectivity index is 1.36. The van der Waals surface area contributed by atoms with Crippen molar-refractivity contribution in [3.63, 3.8) is 0 Å². The van der Waals surface area contributed by atoms with Gasteiger partial charge >= 0.3 is 6.18 Å². The maximum absolute atomic E-state index is 14.0. The molecule has 6 nitrogen and oxygen atoms in total. The van der Waals surface area contributed by atoms with Crippen LogP contribution >= 0.6 is 11.5 Å². The molecule has 31 heavy (non-hydrogen) atoms. The number of aromatic amines is 1. The summed E-state index contributed by atoms with van der Waals surface area (Å²) in [5.41, 5.74) is -0.748. The molecule has 0 amide bonds. The van der Waals surface area contributed by atoms with Crippen LogP contribution in [-0.2, 0) is 6.18 Å². The molecule has 11 heteroatoms. The average molecular weight is 445 g/mol. The van der Waals surface area contributed by atoms with E-state index in [0.717, 1.165) is 16.2 Å². The van der Waals surface area contributed by atoms with Crippen LogP contribution in [0.15, 0.2) is 54.9 Å². The summed E-state index contributed by atoms with van der Waals surface area (Å²) in [5, 5.41) is 3.70. The van der Waals surface area contributed by atoms with E-state index in [0.29, 0.717) is 23.4 Å². The highest BCUT2D eigenvalue weighted by Crippen LogP contribution is 2.33. The molecular formula is C20H11F4N5OS. The smallest absolute Gasteiger partial charge is 0.416 e. The summed E-state index contributed by atoms with van der Waals surface area (Å²) in [5.74, 6) is 0.0163. The van der Waals surface area contributed by atoms with Crippen LogP contribution in [0.25, 0.3) is 21.1 Å². The zero-order valence-corrected chi connectivity index (χ0v) is 16.2. The molecular weight excluding hydrogens is 434 g/mol. The third kappa shape index (κ3) is 3.75. The van der Waals surface area contributed by atoms with Crippen LogP contribution in [0.3, 0.4) is 0 Å². The number of rotatable bonds is 4. The highest BCUT2D eigenvalue weighted by Gasteiger charge is 2.32. The molecule has 5 aromatic rings. The topological polar surface area (TPSA) is 75.7 Å². The molecule has 0 bridgehead atoms. The van der Waals surface area contributed by atoms with Gasteiger partial charge in [0.1, 0.15) is 11.3 Å². The van der Waals surface area contributed by atoms with E-state index in [1.54, 1.807) is 36.7 Å². The molecule has 3 aromatic heterocycles. The lowest BCUT2D eigenvalue weighted by atomic mass is 10.2. The standard InChI is InChI=1S/C20H11F4N5OS/c21-14-7-10(20(22,23)24)8-15-17(14)29-19(28-15)27-11-1-3-12(4-2-11)30-18-13-9-26-31-16(13)5-6-25-18/h1-9H,(H2,27,28,29). The molecule has 3 heterocycles. The predicted molar refractivity (Wildman–Crippen MR) is 108 cm³/mol. The Kier molecular flexibility index (Phi) is 4.47. The Bertz CT molecular complexity index is 1390. The first-order valence-corrected chi connectivity index (χ1v) is 9.65. The summed E-state index contributed by atoms with van der Waals surface area (Å²) >= 11 is 1.34. The van der Waals surface area contributed by atoms with E-state index >= 15 is 0 Å². The summed E-state index contributed by atoms with van der Waals surface area (Å²) in [7, 11) is 0. The number of H-pyrrole nitrogens is 1. The molecule has 0 radical (unpaired) electrons. The fourth-order valence-electron chi connectivity index (χ4n) is 3.01. The summed E-state index contributed by atoms with van der Waals surface area (Å²) in [4.78, 5) is 10.9. The van der Waals surface area contributed by atoms with Crippen molar-refractivity contribution >= 4 is 44.3 Å². The van der Waals surface area contributed by atoms with Gasteiger partial charge in [0.25, 0.3) is 0 Å². The maximum atomic E-state index is 14.0. The van der Waals surface area contributed by atoms with Crippen LogP contribution in [0.5, 0.6) is 11.6 Å². The quantitative estimate of drug-likeness (QED) is 0.319. The second-order valence-corrected chi connectivity index (χ2v) is 7.38. The molecule has 0 saturated carbocycles. The molecule has 0 unspecified atom stereocenters. The number of hydrogen-bond acceptors (Lipinski definition) is 6. The van der Waals surface area contributed by atoms with Gasteiger partial charge in [0.05, 0.1) is 27.4 Å². The SMILES string of the molecule is Fc1cc(C(F)(F)F)cc2[nH]c(Nc3ccc(Oc4nccc5sncc45)cc3)nc12. The van der Waals surface area contributed by atoms with E-state index in [-0.39, 0.29) is 17.0 Å². The van der Waals surface area contributed by atoms with Crippen LogP contribution in [0.4, 0.5) is 29.2 Å². The first-order valence-electron chi connectivity index (χ1n) is 8.87. The van der Waals surface area contributed by atoms with Crippen molar-refractivity contribution in [1.82, 2.24) is 19.3 Å². The predicted octanol–water partition coefficient (Wildman–Crippen LogP) is 6.26. The molecule has 0 saturated heterocycles. The first-order chi connectivity index (χ1) is 14.9. The highest BCUT2D eigenvalue weighted by molar-refractivity contribution is 7.13. The summed E-state index contributed by atoms with van der Waals surface area (Å²) < 4.78 is 63.6. The van der Waals surface area contributed by atoms with Gasteiger partial charge in [0.15, 0.2) is 5.82 Å². The fraction of sp³-hybridized carbons (Fsp3) is 0.0500. The van der Waals surface area contributed by atoms with E-state index in [9.17, 15) is 17.6 Å². The van der Waals surface area contributed by atoms with Gasteiger partial charge in [-0.15, -0.1) is 0 Å². The van der Waals surface area contributed by atoms with E-state index in [2.05, 4.69) is 24.6 Å². The number of imidazole rings is 1. The number of fused-ring (bicyclic) bond motifs is 2. The van der Waals surface area contributed by atoms with Crippen molar-refractivity contribution in [2.75, 3.05) is 5.32 Å². The van der Waals surface area contributed by atoms with E-state index in [1.807, 2.05) is 6.07 Å². The fourth-order valence-corrected chi connectivity index (χ4v) is 3.64. The van der Waals surface area contributed by atoms with Gasteiger partial charge in [0.2, 0.25) is 11.8 Å². The lowest BCUT2D eigenvalue weighted by Gasteiger charge is -2.07. The van der Waals surface area contributed by atoms with E-state index in [1.165, 1.54) is 11.5 Å². The van der Waals surface area contributed by atoms with Crippen LogP contribution in [0.1, 0.15) is 5.56 Å². The molecule has 5 rings (SSSR count). The molecule has 2 N–H and O–H groups in total. The van der Waals surface area contributed by atoms with E-state index in [4.69, 9.17) is 4.74 Å². The number of nitrogens with zero attached hydrogens (tertiary/aromatic N) is 3. The lowest BCUT2D eigenvalue weighted by Crippen LogP contribution is -2.05. The average Bonchev–Trinajstić information content (AvgIpc) is 3.36. The molecule has 0 aliphatic carbocycles. The zero-order chi connectivity index (χ0) is 21.6. The monoisotopic (exact) mass is 445 g/mol. The number of hydrogen-bond donors (Lipinski definition) is 2. The largest absolute Gasteiger partial charge is 0.438 e. The van der Waals surface area contributed by atoms with Gasteiger partial charge in [-0.3, -0.25) is 0 Å². The number of alkyl halides is 3. The summed E-state index contributed by atoms with van der Waals surface area (Å²) in [6.45, 7) is 0. The third-order valence-corrected chi connectivity index (χ3v) is 5.21.